The molecular formula is C51H35N. The third-order valence-electron chi connectivity index (χ3n) is 10.9. The molecule has 9 aromatic carbocycles. The molecule has 1 heteroatoms. The largest absolute Gasteiger partial charge is 0.311 e. The van der Waals surface area contributed by atoms with E-state index in [4.69, 9.17) is 0 Å². The summed E-state index contributed by atoms with van der Waals surface area (Å²) in [6, 6.07) is 77.7. The van der Waals surface area contributed by atoms with Gasteiger partial charge in [0.1, 0.15) is 0 Å². The highest BCUT2D eigenvalue weighted by Crippen LogP contribution is 2.58. The topological polar surface area (TPSA) is 3.24 Å². The minimum absolute atomic E-state index is 0.499. The van der Waals surface area contributed by atoms with Crippen LogP contribution in [0.2, 0.25) is 0 Å². The van der Waals surface area contributed by atoms with Gasteiger partial charge in [0.25, 0.3) is 0 Å². The second-order valence-corrected chi connectivity index (χ2v) is 13.6. The molecule has 0 radical (unpaired) electrons. The summed E-state index contributed by atoms with van der Waals surface area (Å²) in [4.78, 5) is 2.32. The molecule has 244 valence electrons. The van der Waals surface area contributed by atoms with Gasteiger partial charge in [0.2, 0.25) is 0 Å². The van der Waals surface area contributed by atoms with Crippen molar-refractivity contribution in [2.45, 2.75) is 5.41 Å². The third kappa shape index (κ3) is 4.49. The van der Waals surface area contributed by atoms with Gasteiger partial charge in [-0.25, -0.2) is 0 Å². The molecule has 0 bridgehead atoms. The van der Waals surface area contributed by atoms with Crippen molar-refractivity contribution in [2.24, 2.45) is 0 Å². The van der Waals surface area contributed by atoms with E-state index in [-0.39, 0.29) is 0 Å². The summed E-state index contributed by atoms with van der Waals surface area (Å²) in [7, 11) is 0. The maximum absolute atomic E-state index is 2.38. The highest BCUT2D eigenvalue weighted by Gasteiger charge is 2.44. The summed E-state index contributed by atoms with van der Waals surface area (Å²) in [5.41, 5.74) is 13.1. The predicted molar refractivity (Wildman–Crippen MR) is 219 cm³/mol. The summed E-state index contributed by atoms with van der Waals surface area (Å²) in [6.45, 7) is 0. The summed E-state index contributed by atoms with van der Waals surface area (Å²) in [5, 5.41) is 5.13. The second-order valence-electron chi connectivity index (χ2n) is 13.6. The summed E-state index contributed by atoms with van der Waals surface area (Å²) < 4.78 is 0. The average molecular weight is 662 g/mol. The molecule has 0 atom stereocenters. The van der Waals surface area contributed by atoms with E-state index in [0.717, 1.165) is 17.1 Å². The van der Waals surface area contributed by atoms with Crippen LogP contribution in [0, 0.1) is 0 Å². The number of anilines is 3. The molecule has 1 aliphatic carbocycles. The van der Waals surface area contributed by atoms with Crippen LogP contribution in [0.4, 0.5) is 17.1 Å². The molecule has 9 aromatic rings. The zero-order valence-electron chi connectivity index (χ0n) is 28.7. The van der Waals surface area contributed by atoms with Gasteiger partial charge in [-0.15, -0.1) is 0 Å². The fraction of sp³-hybridized carbons (Fsp3) is 0.0196. The van der Waals surface area contributed by atoms with Crippen molar-refractivity contribution < 1.29 is 0 Å². The molecule has 0 spiro atoms. The quantitative estimate of drug-likeness (QED) is 0.160. The molecule has 0 saturated heterocycles. The molecule has 0 N–H and O–H groups in total. The van der Waals surface area contributed by atoms with Crippen molar-refractivity contribution in [2.75, 3.05) is 4.90 Å². The lowest BCUT2D eigenvalue weighted by Gasteiger charge is -2.42. The van der Waals surface area contributed by atoms with Crippen molar-refractivity contribution in [3.05, 3.63) is 235 Å². The minimum Gasteiger partial charge on any atom is -0.311 e. The lowest BCUT2D eigenvalue weighted by molar-refractivity contribution is 0.750. The first-order valence-electron chi connectivity index (χ1n) is 18.0. The Bertz CT molecular complexity index is 2620. The first-order valence-corrected chi connectivity index (χ1v) is 18.0. The van der Waals surface area contributed by atoms with Gasteiger partial charge in [0, 0.05) is 17.1 Å². The van der Waals surface area contributed by atoms with Gasteiger partial charge >= 0.3 is 0 Å². The molecule has 0 aromatic heterocycles. The Kier molecular flexibility index (Phi) is 7.11. The first kappa shape index (κ1) is 30.2. The standard InChI is InChI=1S/C51H35N/c1-5-18-37(19-6-1)51(38-20-7-2-8-21-38)46-30-16-15-28-44(46)49-43-27-14-13-26-42(43)48(45-29-17-31-47(51)50(45)49)36-32-34-41(35-33-36)52(39-22-9-3-10-23-39)40-24-11-4-12-25-40/h1-35H. The number of nitrogens with zero attached hydrogens (tertiary/aromatic N) is 1. The van der Waals surface area contributed by atoms with Crippen LogP contribution >= 0.6 is 0 Å². The van der Waals surface area contributed by atoms with Crippen LogP contribution in [0.1, 0.15) is 22.3 Å². The molecule has 0 unspecified atom stereocenters. The highest BCUT2D eigenvalue weighted by atomic mass is 15.1. The van der Waals surface area contributed by atoms with Gasteiger partial charge in [0.15, 0.2) is 0 Å². The lowest BCUT2D eigenvalue weighted by atomic mass is 9.59. The Hall–Kier alpha value is -6.70. The average Bonchev–Trinajstić information content (AvgIpc) is 3.23. The monoisotopic (exact) mass is 661 g/mol. The van der Waals surface area contributed by atoms with Crippen molar-refractivity contribution >= 4 is 38.6 Å². The molecule has 0 amide bonds. The summed E-state index contributed by atoms with van der Waals surface area (Å²) in [5.74, 6) is 0. The normalized spacial score (nSPS) is 12.8. The molecule has 52 heavy (non-hydrogen) atoms. The SMILES string of the molecule is c1ccc(N(c2ccccc2)c2ccc(-c3c4ccccc4c4c5c(cccc35)C(c3ccccc3)(c3ccccc3)c3ccccc3-4)cc2)cc1. The second kappa shape index (κ2) is 12.3. The Morgan fingerprint density at radius 1 is 0.308 bits per heavy atom. The molecule has 0 fully saturated rings. The van der Waals surface area contributed by atoms with Crippen LogP contribution in [-0.4, -0.2) is 0 Å². The van der Waals surface area contributed by atoms with Crippen LogP contribution in [0.3, 0.4) is 0 Å². The fourth-order valence-corrected chi connectivity index (χ4v) is 8.85. The van der Waals surface area contributed by atoms with Crippen LogP contribution in [0.15, 0.2) is 212 Å². The number of benzene rings is 9. The van der Waals surface area contributed by atoms with E-state index in [1.54, 1.807) is 0 Å². The smallest absolute Gasteiger partial charge is 0.0713 e. The van der Waals surface area contributed by atoms with Gasteiger partial charge in [-0.3, -0.25) is 0 Å². The number of rotatable bonds is 6. The van der Waals surface area contributed by atoms with Crippen molar-refractivity contribution in [1.29, 1.82) is 0 Å². The van der Waals surface area contributed by atoms with Crippen LogP contribution < -0.4 is 4.90 Å². The molecule has 1 nitrogen and oxygen atoms in total. The van der Waals surface area contributed by atoms with E-state index in [2.05, 4.69) is 217 Å². The van der Waals surface area contributed by atoms with Gasteiger partial charge in [-0.2, -0.15) is 0 Å². The third-order valence-corrected chi connectivity index (χ3v) is 10.9. The molecule has 1 aliphatic rings. The predicted octanol–water partition coefficient (Wildman–Crippen LogP) is 13.5. The van der Waals surface area contributed by atoms with Gasteiger partial charge in [-0.05, 0) is 102 Å². The highest BCUT2D eigenvalue weighted by molar-refractivity contribution is 6.24. The van der Waals surface area contributed by atoms with Gasteiger partial charge < -0.3 is 4.90 Å². The van der Waals surface area contributed by atoms with E-state index >= 15 is 0 Å². The van der Waals surface area contributed by atoms with Gasteiger partial charge in [-0.1, -0.05) is 176 Å². The zero-order valence-corrected chi connectivity index (χ0v) is 28.7. The number of hydrogen-bond acceptors (Lipinski definition) is 1. The van der Waals surface area contributed by atoms with Crippen LogP contribution in [0.25, 0.3) is 43.8 Å². The van der Waals surface area contributed by atoms with E-state index < -0.39 is 5.41 Å². The van der Waals surface area contributed by atoms with E-state index in [1.807, 2.05) is 0 Å². The maximum atomic E-state index is 2.38. The van der Waals surface area contributed by atoms with E-state index in [1.165, 1.54) is 66.1 Å². The number of para-hydroxylation sites is 2. The zero-order chi connectivity index (χ0) is 34.5. The van der Waals surface area contributed by atoms with Crippen LogP contribution in [-0.2, 0) is 5.41 Å². The van der Waals surface area contributed by atoms with E-state index in [9.17, 15) is 0 Å². The van der Waals surface area contributed by atoms with Gasteiger partial charge in [0.05, 0.1) is 5.41 Å². The van der Waals surface area contributed by atoms with E-state index in [0.29, 0.717) is 0 Å². The molecule has 0 saturated carbocycles. The summed E-state index contributed by atoms with van der Waals surface area (Å²) in [6.07, 6.45) is 0. The Labute approximate surface area is 304 Å². The van der Waals surface area contributed by atoms with Crippen molar-refractivity contribution in [3.8, 4) is 22.3 Å². The van der Waals surface area contributed by atoms with Crippen molar-refractivity contribution in [1.82, 2.24) is 0 Å². The minimum atomic E-state index is -0.499. The Morgan fingerprint density at radius 2 is 0.750 bits per heavy atom. The molecule has 10 rings (SSSR count). The number of fused-ring (bicyclic) bond motifs is 4. The first-order chi connectivity index (χ1) is 25.8. The Morgan fingerprint density at radius 3 is 1.35 bits per heavy atom. The molecule has 0 heterocycles. The number of hydrogen-bond donors (Lipinski definition) is 0. The van der Waals surface area contributed by atoms with Crippen molar-refractivity contribution in [3.63, 3.8) is 0 Å². The summed E-state index contributed by atoms with van der Waals surface area (Å²) >= 11 is 0. The van der Waals surface area contributed by atoms with Crippen LogP contribution in [0.5, 0.6) is 0 Å². The Balaban J connectivity index is 1.28. The molecule has 0 aliphatic heterocycles. The fourth-order valence-electron chi connectivity index (χ4n) is 8.85. The molecular weight excluding hydrogens is 627 g/mol. The lowest BCUT2D eigenvalue weighted by Crippen LogP contribution is -2.33. The maximum Gasteiger partial charge on any atom is 0.0713 e.